The lowest BCUT2D eigenvalue weighted by molar-refractivity contribution is 0.220. The number of aromatic amines is 1. The molecule has 0 saturated heterocycles. The second-order valence-corrected chi connectivity index (χ2v) is 6.05. The molecule has 0 radical (unpaired) electrons. The van der Waals surface area contributed by atoms with Crippen LogP contribution >= 0.6 is 0 Å². The molecule has 1 saturated carbocycles. The Morgan fingerprint density at radius 2 is 2.00 bits per heavy atom. The Kier molecular flexibility index (Phi) is 3.46. The highest BCUT2D eigenvalue weighted by Crippen LogP contribution is 2.41. The number of H-pyrrole nitrogens is 1. The molecule has 0 amide bonds. The van der Waals surface area contributed by atoms with E-state index in [1.165, 1.54) is 0 Å². The fourth-order valence-corrected chi connectivity index (χ4v) is 2.69. The summed E-state index contributed by atoms with van der Waals surface area (Å²) in [5.41, 5.74) is 0.585. The van der Waals surface area contributed by atoms with Gasteiger partial charge in [-0.05, 0) is 37.5 Å². The van der Waals surface area contributed by atoms with E-state index in [2.05, 4.69) is 23.8 Å². The largest absolute Gasteiger partial charge is 0.493 e. The monoisotopic (exact) mass is 250 g/mol. The fourth-order valence-electron chi connectivity index (χ4n) is 2.69. The molecule has 1 heterocycles. The van der Waals surface area contributed by atoms with Crippen LogP contribution in [-0.2, 0) is 6.42 Å². The highest BCUT2D eigenvalue weighted by atomic mass is 16.3. The molecular weight excluding hydrogens is 228 g/mol. The number of aromatic nitrogens is 2. The Morgan fingerprint density at radius 3 is 2.50 bits per heavy atom. The van der Waals surface area contributed by atoms with Crippen LogP contribution < -0.4 is 5.56 Å². The van der Waals surface area contributed by atoms with E-state index in [1.807, 2.05) is 6.92 Å². The smallest absolute Gasteiger partial charge is 0.257 e. The Balaban J connectivity index is 2.23. The van der Waals surface area contributed by atoms with Gasteiger partial charge in [-0.25, -0.2) is 0 Å². The number of aromatic hydroxyl groups is 1. The van der Waals surface area contributed by atoms with Gasteiger partial charge in [0.05, 0.1) is 5.56 Å². The first-order valence-electron chi connectivity index (χ1n) is 6.75. The van der Waals surface area contributed by atoms with E-state index in [4.69, 9.17) is 0 Å². The number of rotatable bonds is 2. The predicted molar refractivity (Wildman–Crippen MR) is 70.9 cm³/mol. The lowest BCUT2D eigenvalue weighted by Crippen LogP contribution is -2.24. The Hall–Kier alpha value is -1.32. The highest BCUT2D eigenvalue weighted by molar-refractivity contribution is 5.23. The molecule has 0 spiro atoms. The molecule has 1 fully saturated rings. The van der Waals surface area contributed by atoms with Crippen molar-refractivity contribution < 1.29 is 5.11 Å². The van der Waals surface area contributed by atoms with Crippen molar-refractivity contribution in [2.45, 2.75) is 58.8 Å². The second-order valence-electron chi connectivity index (χ2n) is 6.05. The summed E-state index contributed by atoms with van der Waals surface area (Å²) in [6.07, 6.45) is 4.84. The molecule has 2 rings (SSSR count). The van der Waals surface area contributed by atoms with E-state index in [0.29, 0.717) is 23.2 Å². The van der Waals surface area contributed by atoms with Crippen LogP contribution in [0.25, 0.3) is 0 Å². The molecule has 0 unspecified atom stereocenters. The molecule has 0 atom stereocenters. The van der Waals surface area contributed by atoms with Crippen LogP contribution in [0, 0.1) is 5.41 Å². The van der Waals surface area contributed by atoms with Crippen LogP contribution in [0.2, 0.25) is 0 Å². The number of hydrogen-bond acceptors (Lipinski definition) is 3. The van der Waals surface area contributed by atoms with Crippen molar-refractivity contribution in [3.05, 3.63) is 21.7 Å². The van der Waals surface area contributed by atoms with Crippen molar-refractivity contribution in [3.63, 3.8) is 0 Å². The van der Waals surface area contributed by atoms with Gasteiger partial charge >= 0.3 is 0 Å². The first-order chi connectivity index (χ1) is 8.43. The SMILES string of the molecule is CCc1c(O)nc(C2CCC(C)(C)CC2)[nH]c1=O. The third kappa shape index (κ3) is 2.57. The fraction of sp³-hybridized carbons (Fsp3) is 0.714. The molecule has 0 bridgehead atoms. The average Bonchev–Trinajstić information content (AvgIpc) is 2.28. The van der Waals surface area contributed by atoms with Gasteiger partial charge in [0.25, 0.3) is 5.56 Å². The van der Waals surface area contributed by atoms with E-state index in [-0.39, 0.29) is 17.4 Å². The Labute approximate surface area is 107 Å². The third-order valence-corrected chi connectivity index (χ3v) is 4.09. The zero-order valence-corrected chi connectivity index (χ0v) is 11.4. The normalized spacial score (nSPS) is 19.9. The summed E-state index contributed by atoms with van der Waals surface area (Å²) in [5.74, 6) is 0.841. The first kappa shape index (κ1) is 13.1. The van der Waals surface area contributed by atoms with Crippen LogP contribution in [0.4, 0.5) is 0 Å². The molecule has 100 valence electrons. The summed E-state index contributed by atoms with van der Waals surface area (Å²) < 4.78 is 0. The summed E-state index contributed by atoms with van der Waals surface area (Å²) in [7, 11) is 0. The maximum Gasteiger partial charge on any atom is 0.257 e. The van der Waals surface area contributed by atoms with Gasteiger partial charge in [-0.15, -0.1) is 0 Å². The van der Waals surface area contributed by atoms with Crippen LogP contribution in [0.5, 0.6) is 5.88 Å². The third-order valence-electron chi connectivity index (χ3n) is 4.09. The molecule has 1 aromatic rings. The van der Waals surface area contributed by atoms with Crippen molar-refractivity contribution in [3.8, 4) is 5.88 Å². The molecule has 2 N–H and O–H groups in total. The standard InChI is InChI=1S/C14H22N2O2/c1-4-10-12(17)15-11(16-13(10)18)9-5-7-14(2,3)8-6-9/h9H,4-8H2,1-3H3,(H2,15,16,17,18). The minimum absolute atomic E-state index is 0.0962. The van der Waals surface area contributed by atoms with Crippen molar-refractivity contribution >= 4 is 0 Å². The molecule has 0 aromatic carbocycles. The van der Waals surface area contributed by atoms with Crippen LogP contribution in [0.3, 0.4) is 0 Å². The Morgan fingerprint density at radius 1 is 1.39 bits per heavy atom. The van der Waals surface area contributed by atoms with E-state index in [9.17, 15) is 9.90 Å². The first-order valence-corrected chi connectivity index (χ1v) is 6.75. The molecule has 1 aliphatic rings. The van der Waals surface area contributed by atoms with Gasteiger partial charge in [-0.2, -0.15) is 4.98 Å². The number of nitrogens with one attached hydrogen (secondary N) is 1. The summed E-state index contributed by atoms with van der Waals surface area (Å²) >= 11 is 0. The average molecular weight is 250 g/mol. The van der Waals surface area contributed by atoms with Crippen molar-refractivity contribution in [1.29, 1.82) is 0 Å². The van der Waals surface area contributed by atoms with E-state index >= 15 is 0 Å². The summed E-state index contributed by atoms with van der Waals surface area (Å²) in [5, 5.41) is 9.77. The van der Waals surface area contributed by atoms with Crippen molar-refractivity contribution in [2.24, 2.45) is 5.41 Å². The highest BCUT2D eigenvalue weighted by Gasteiger charge is 2.29. The number of nitrogens with zero attached hydrogens (tertiary/aromatic N) is 1. The molecule has 18 heavy (non-hydrogen) atoms. The van der Waals surface area contributed by atoms with Gasteiger partial charge in [-0.3, -0.25) is 4.79 Å². The zero-order chi connectivity index (χ0) is 13.3. The topological polar surface area (TPSA) is 66.0 Å². The second kappa shape index (κ2) is 4.75. The molecule has 4 nitrogen and oxygen atoms in total. The Bertz CT molecular complexity index is 481. The van der Waals surface area contributed by atoms with E-state index in [1.54, 1.807) is 0 Å². The van der Waals surface area contributed by atoms with Crippen molar-refractivity contribution in [1.82, 2.24) is 9.97 Å². The zero-order valence-electron chi connectivity index (χ0n) is 11.4. The van der Waals surface area contributed by atoms with Gasteiger partial charge in [0.2, 0.25) is 5.88 Å². The van der Waals surface area contributed by atoms with Gasteiger partial charge in [0, 0.05) is 5.92 Å². The summed E-state index contributed by atoms with van der Waals surface area (Å²) in [6, 6.07) is 0. The van der Waals surface area contributed by atoms with Gasteiger partial charge in [0.15, 0.2) is 0 Å². The predicted octanol–water partition coefficient (Wildman–Crippen LogP) is 2.72. The molecule has 1 aliphatic carbocycles. The molecule has 0 aliphatic heterocycles. The summed E-state index contributed by atoms with van der Waals surface area (Å²) in [6.45, 7) is 6.39. The maximum atomic E-state index is 11.8. The minimum Gasteiger partial charge on any atom is -0.493 e. The van der Waals surface area contributed by atoms with E-state index < -0.39 is 0 Å². The maximum absolute atomic E-state index is 11.8. The van der Waals surface area contributed by atoms with Crippen molar-refractivity contribution in [2.75, 3.05) is 0 Å². The minimum atomic E-state index is -0.190. The van der Waals surface area contributed by atoms with Crippen LogP contribution in [0.1, 0.15) is 63.8 Å². The molecule has 1 aromatic heterocycles. The molecular formula is C14H22N2O2. The quantitative estimate of drug-likeness (QED) is 0.848. The summed E-state index contributed by atoms with van der Waals surface area (Å²) in [4.78, 5) is 18.8. The van der Waals surface area contributed by atoms with E-state index in [0.717, 1.165) is 25.7 Å². The van der Waals surface area contributed by atoms with Crippen LogP contribution in [-0.4, -0.2) is 15.1 Å². The lowest BCUT2D eigenvalue weighted by Gasteiger charge is -2.33. The van der Waals surface area contributed by atoms with Crippen LogP contribution in [0.15, 0.2) is 4.79 Å². The lowest BCUT2D eigenvalue weighted by atomic mass is 9.73. The number of hydrogen-bond donors (Lipinski definition) is 2. The van der Waals surface area contributed by atoms with Gasteiger partial charge in [-0.1, -0.05) is 20.8 Å². The van der Waals surface area contributed by atoms with Gasteiger partial charge in [0.1, 0.15) is 5.82 Å². The molecule has 4 heteroatoms. The van der Waals surface area contributed by atoms with Gasteiger partial charge < -0.3 is 10.1 Å².